The van der Waals surface area contributed by atoms with Gasteiger partial charge in [0.1, 0.15) is 19.3 Å². The summed E-state index contributed by atoms with van der Waals surface area (Å²) >= 11 is 0. The number of phosphoric ester groups is 2. The number of aliphatic hydroxyl groups is 1. The third-order valence-electron chi connectivity index (χ3n) is 15.2. The summed E-state index contributed by atoms with van der Waals surface area (Å²) < 4.78 is 67.9. The second kappa shape index (κ2) is 52.4. The number of esters is 4. The fraction of sp³-hybridized carbons (Fsp3) is 0.935. The van der Waals surface area contributed by atoms with Crippen LogP contribution in [0.4, 0.5) is 0 Å². The number of hydrogen-bond donors (Lipinski definition) is 3. The van der Waals surface area contributed by atoms with Gasteiger partial charge in [-0.2, -0.15) is 0 Å². The zero-order chi connectivity index (χ0) is 60.4. The molecule has 0 fully saturated rings. The zero-order valence-electron chi connectivity index (χ0n) is 52.4. The highest BCUT2D eigenvalue weighted by Crippen LogP contribution is 2.45. The number of ether oxygens (including phenoxy) is 4. The molecule has 0 bridgehead atoms. The van der Waals surface area contributed by atoms with Gasteiger partial charge in [0.05, 0.1) is 26.4 Å². The summed E-state index contributed by atoms with van der Waals surface area (Å²) in [6, 6.07) is 0. The van der Waals surface area contributed by atoms with Crippen molar-refractivity contribution in [1.29, 1.82) is 0 Å². The Morgan fingerprint density at radius 2 is 0.593 bits per heavy atom. The molecule has 0 aliphatic heterocycles. The van der Waals surface area contributed by atoms with Crippen molar-refractivity contribution in [2.45, 2.75) is 311 Å². The maximum absolute atomic E-state index is 13.0. The van der Waals surface area contributed by atoms with E-state index in [0.717, 1.165) is 120 Å². The Labute approximate surface area is 492 Å². The van der Waals surface area contributed by atoms with Crippen LogP contribution in [0.1, 0.15) is 293 Å². The van der Waals surface area contributed by atoms with Crippen LogP contribution in [-0.2, 0) is 65.4 Å². The number of aliphatic hydroxyl groups excluding tert-OH is 1. The minimum Gasteiger partial charge on any atom is -0.462 e. The van der Waals surface area contributed by atoms with Gasteiger partial charge in [0.25, 0.3) is 0 Å². The molecule has 0 rings (SSSR count). The van der Waals surface area contributed by atoms with Crippen LogP contribution in [0.15, 0.2) is 0 Å². The number of hydrogen-bond acceptors (Lipinski definition) is 15. The number of rotatable bonds is 59. The SMILES string of the molecule is CCC(C)CCCCCCCCCCC(=O)O[C@H](COC(=O)CCCCCCCCC(C)CC)COP(=O)(O)OC[C@@H](O)COP(=O)(O)OC[C@@H](COC(=O)CCCCCCCCC(C)C)OC(=O)CCCCCCCCC(C)CC. The van der Waals surface area contributed by atoms with Crippen molar-refractivity contribution in [3.05, 3.63) is 0 Å². The maximum atomic E-state index is 13.0. The smallest absolute Gasteiger partial charge is 0.462 e. The highest BCUT2D eigenvalue weighted by Gasteiger charge is 2.30. The van der Waals surface area contributed by atoms with Gasteiger partial charge in [-0.1, -0.05) is 242 Å². The van der Waals surface area contributed by atoms with E-state index in [4.69, 9.17) is 37.0 Å². The van der Waals surface area contributed by atoms with Crippen LogP contribution in [-0.4, -0.2) is 96.7 Å². The minimum atomic E-state index is -4.94. The molecule has 480 valence electrons. The molecule has 0 radical (unpaired) electrons. The van der Waals surface area contributed by atoms with E-state index < -0.39 is 97.5 Å². The van der Waals surface area contributed by atoms with Gasteiger partial charge < -0.3 is 33.8 Å². The summed E-state index contributed by atoms with van der Waals surface area (Å²) in [5.41, 5.74) is 0. The molecule has 17 nitrogen and oxygen atoms in total. The monoisotopic (exact) mass is 1200 g/mol. The first-order chi connectivity index (χ1) is 38.7. The van der Waals surface area contributed by atoms with Gasteiger partial charge in [-0.25, -0.2) is 9.13 Å². The van der Waals surface area contributed by atoms with Crippen LogP contribution in [0.25, 0.3) is 0 Å². The molecule has 0 aromatic carbocycles. The molecule has 0 aromatic rings. The largest absolute Gasteiger partial charge is 0.472 e. The number of carbonyl (C=O) groups excluding carboxylic acids is 4. The molecular weight excluding hydrogens is 1080 g/mol. The van der Waals surface area contributed by atoms with Gasteiger partial charge in [0, 0.05) is 25.7 Å². The molecule has 5 unspecified atom stereocenters. The Morgan fingerprint density at radius 3 is 0.877 bits per heavy atom. The van der Waals surface area contributed by atoms with Crippen LogP contribution in [0, 0.1) is 23.7 Å². The quantitative estimate of drug-likeness (QED) is 0.0222. The first-order valence-corrected chi connectivity index (χ1v) is 35.3. The summed E-state index contributed by atoms with van der Waals surface area (Å²) in [5.74, 6) is 0.753. The van der Waals surface area contributed by atoms with Crippen molar-refractivity contribution >= 4 is 39.5 Å². The van der Waals surface area contributed by atoms with Crippen LogP contribution in [0.5, 0.6) is 0 Å². The van der Waals surface area contributed by atoms with Gasteiger partial charge >= 0.3 is 39.5 Å². The lowest BCUT2D eigenvalue weighted by molar-refractivity contribution is -0.161. The first kappa shape index (κ1) is 79.1. The van der Waals surface area contributed by atoms with Crippen LogP contribution in [0.2, 0.25) is 0 Å². The topological polar surface area (TPSA) is 237 Å². The lowest BCUT2D eigenvalue weighted by Gasteiger charge is -2.21. The van der Waals surface area contributed by atoms with Gasteiger partial charge in [-0.05, 0) is 49.4 Å². The molecule has 19 heteroatoms. The Morgan fingerprint density at radius 1 is 0.346 bits per heavy atom. The molecule has 0 aromatic heterocycles. The normalized spacial score (nSPS) is 15.5. The van der Waals surface area contributed by atoms with Crippen molar-refractivity contribution in [2.75, 3.05) is 39.6 Å². The second-order valence-corrected chi connectivity index (χ2v) is 26.6. The molecule has 0 spiro atoms. The van der Waals surface area contributed by atoms with Crippen LogP contribution >= 0.6 is 15.6 Å². The van der Waals surface area contributed by atoms with Gasteiger partial charge in [-0.3, -0.25) is 37.3 Å². The van der Waals surface area contributed by atoms with Gasteiger partial charge in [0.15, 0.2) is 12.2 Å². The zero-order valence-corrected chi connectivity index (χ0v) is 54.2. The summed E-state index contributed by atoms with van der Waals surface area (Å²) in [5, 5.41) is 10.5. The van der Waals surface area contributed by atoms with E-state index >= 15 is 0 Å². The van der Waals surface area contributed by atoms with E-state index in [0.29, 0.717) is 31.6 Å². The Kier molecular flexibility index (Phi) is 51.1. The van der Waals surface area contributed by atoms with Crippen LogP contribution < -0.4 is 0 Å². The van der Waals surface area contributed by atoms with E-state index in [1.807, 2.05) is 0 Å². The molecule has 0 heterocycles. The maximum Gasteiger partial charge on any atom is 0.472 e. The van der Waals surface area contributed by atoms with Crippen LogP contribution in [0.3, 0.4) is 0 Å². The molecule has 3 N–H and O–H groups in total. The molecule has 0 aliphatic carbocycles. The highest BCUT2D eigenvalue weighted by atomic mass is 31.2. The second-order valence-electron chi connectivity index (χ2n) is 23.6. The molecule has 8 atom stereocenters. The van der Waals surface area contributed by atoms with Gasteiger partial charge in [-0.15, -0.1) is 0 Å². The fourth-order valence-corrected chi connectivity index (χ4v) is 10.6. The third-order valence-corrected chi connectivity index (χ3v) is 17.1. The fourth-order valence-electron chi connectivity index (χ4n) is 8.98. The number of carbonyl (C=O) groups is 4. The van der Waals surface area contributed by atoms with Gasteiger partial charge in [0.2, 0.25) is 0 Å². The minimum absolute atomic E-state index is 0.101. The highest BCUT2D eigenvalue weighted by molar-refractivity contribution is 7.47. The van der Waals surface area contributed by atoms with E-state index in [1.54, 1.807) is 0 Å². The molecule has 0 aliphatic rings. The number of phosphoric acid groups is 2. The predicted molar refractivity (Wildman–Crippen MR) is 321 cm³/mol. The molecule has 0 amide bonds. The van der Waals surface area contributed by atoms with E-state index in [9.17, 15) is 43.2 Å². The molecule has 0 saturated heterocycles. The van der Waals surface area contributed by atoms with E-state index in [2.05, 4.69) is 55.4 Å². The third kappa shape index (κ3) is 53.3. The number of unbranched alkanes of at least 4 members (excludes halogenated alkanes) is 22. The standard InChI is InChI=1S/C62H120O17P2/c1-9-53(6)39-31-23-14-12-13-15-28-36-44-61(66)78-57(48-73-60(65)43-35-27-20-17-24-32-40-54(7)10-2)50-76-80(68,69)74-46-56(63)47-75-81(70,71)77-51-58(49-72-59(64)42-34-26-19-16-22-30-38-52(4)5)79-62(67)45-37-29-21-18-25-33-41-55(8)11-3/h52-58,63H,9-51H2,1-8H3,(H,68,69)(H,70,71)/t53?,54?,55?,56-,57-,58-/m1/s1. The Bertz CT molecular complexity index is 1630. The summed E-state index contributed by atoms with van der Waals surface area (Å²) in [6.07, 6.45) is 30.9. The average molecular weight is 1200 g/mol. The first-order valence-electron chi connectivity index (χ1n) is 32.3. The van der Waals surface area contributed by atoms with Crippen molar-refractivity contribution in [3.63, 3.8) is 0 Å². The van der Waals surface area contributed by atoms with Crippen molar-refractivity contribution in [1.82, 2.24) is 0 Å². The predicted octanol–water partition coefficient (Wildman–Crippen LogP) is 16.6. The summed E-state index contributed by atoms with van der Waals surface area (Å²) in [4.78, 5) is 72.1. The van der Waals surface area contributed by atoms with Crippen molar-refractivity contribution in [3.8, 4) is 0 Å². The molecule has 0 saturated carbocycles. The summed E-state index contributed by atoms with van der Waals surface area (Å²) in [6.45, 7) is 13.9. The Hall–Kier alpha value is -1.94. The lowest BCUT2D eigenvalue weighted by atomic mass is 9.99. The average Bonchev–Trinajstić information content (AvgIpc) is 3.43. The lowest BCUT2D eigenvalue weighted by Crippen LogP contribution is -2.30. The Balaban J connectivity index is 5.27. The molecule has 81 heavy (non-hydrogen) atoms. The summed E-state index contributed by atoms with van der Waals surface area (Å²) in [7, 11) is -9.89. The van der Waals surface area contributed by atoms with Crippen molar-refractivity contribution in [2.24, 2.45) is 23.7 Å². The van der Waals surface area contributed by atoms with Crippen molar-refractivity contribution < 1.29 is 80.2 Å². The molecular formula is C62H120O17P2. The van der Waals surface area contributed by atoms with E-state index in [-0.39, 0.29) is 25.7 Å². The van der Waals surface area contributed by atoms with E-state index in [1.165, 1.54) is 83.5 Å².